The first-order valence-corrected chi connectivity index (χ1v) is 4.78. The first-order chi connectivity index (χ1) is 5.89. The summed E-state index contributed by atoms with van der Waals surface area (Å²) < 4.78 is 5.54. The van der Waals surface area contributed by atoms with Gasteiger partial charge in [0.25, 0.3) is 0 Å². The standard InChI is InChI=1S/C10H16O3/c1-9(2)6-4-5-10(9,3)7(13-6)8(11)12/h6-7H,4-5H2,1-3H3,(H,11,12). The van der Waals surface area contributed by atoms with Crippen molar-refractivity contribution in [2.75, 3.05) is 0 Å². The second kappa shape index (κ2) is 2.27. The number of fused-ring (bicyclic) bond motifs is 2. The number of hydrogen-bond acceptors (Lipinski definition) is 2. The Hall–Kier alpha value is -0.570. The van der Waals surface area contributed by atoms with E-state index in [2.05, 4.69) is 13.8 Å². The SMILES string of the molecule is CC1(C)C2CCC1(C)C(C(=O)O)O2. The van der Waals surface area contributed by atoms with Crippen LogP contribution in [0.5, 0.6) is 0 Å². The van der Waals surface area contributed by atoms with Gasteiger partial charge in [0.1, 0.15) is 0 Å². The van der Waals surface area contributed by atoms with Crippen molar-refractivity contribution in [1.29, 1.82) is 0 Å². The third-order valence-corrected chi connectivity index (χ3v) is 4.31. The highest BCUT2D eigenvalue weighted by molar-refractivity contribution is 5.74. The zero-order chi connectivity index (χ0) is 9.85. The maximum atomic E-state index is 11.0. The Labute approximate surface area is 78.1 Å². The first kappa shape index (κ1) is 9.00. The molecule has 0 amide bonds. The summed E-state index contributed by atoms with van der Waals surface area (Å²) >= 11 is 0. The van der Waals surface area contributed by atoms with Crippen LogP contribution in [0.15, 0.2) is 0 Å². The fraction of sp³-hybridized carbons (Fsp3) is 0.900. The van der Waals surface area contributed by atoms with Crippen molar-refractivity contribution >= 4 is 5.97 Å². The van der Waals surface area contributed by atoms with Gasteiger partial charge in [0, 0.05) is 5.41 Å². The smallest absolute Gasteiger partial charge is 0.333 e. The minimum atomic E-state index is -0.808. The highest BCUT2D eigenvalue weighted by Gasteiger charge is 2.65. The quantitative estimate of drug-likeness (QED) is 0.674. The van der Waals surface area contributed by atoms with Crippen molar-refractivity contribution in [2.45, 2.75) is 45.8 Å². The molecule has 1 heterocycles. The molecule has 0 radical (unpaired) electrons. The molecular formula is C10H16O3. The Bertz CT molecular complexity index is 259. The fourth-order valence-electron chi connectivity index (χ4n) is 2.83. The molecule has 0 aromatic rings. The molecule has 0 aromatic heterocycles. The second-order valence-electron chi connectivity index (χ2n) is 5.02. The van der Waals surface area contributed by atoms with Gasteiger partial charge in [-0.05, 0) is 18.3 Å². The third-order valence-electron chi connectivity index (χ3n) is 4.31. The summed E-state index contributed by atoms with van der Waals surface area (Å²) in [6, 6.07) is 0. The van der Waals surface area contributed by atoms with E-state index in [-0.39, 0.29) is 16.9 Å². The summed E-state index contributed by atoms with van der Waals surface area (Å²) in [5.74, 6) is -0.808. The molecule has 74 valence electrons. The molecule has 2 rings (SSSR count). The van der Waals surface area contributed by atoms with Crippen molar-refractivity contribution in [3.05, 3.63) is 0 Å². The molecule has 1 saturated heterocycles. The van der Waals surface area contributed by atoms with Gasteiger partial charge in [-0.1, -0.05) is 20.8 Å². The van der Waals surface area contributed by atoms with Crippen LogP contribution in [0.1, 0.15) is 33.6 Å². The summed E-state index contributed by atoms with van der Waals surface area (Å²) in [5, 5.41) is 9.01. The van der Waals surface area contributed by atoms with Gasteiger partial charge in [-0.2, -0.15) is 0 Å². The highest BCUT2D eigenvalue weighted by Crippen LogP contribution is 2.61. The van der Waals surface area contributed by atoms with Gasteiger partial charge in [-0.3, -0.25) is 0 Å². The van der Waals surface area contributed by atoms with Gasteiger partial charge in [-0.25, -0.2) is 4.79 Å². The second-order valence-corrected chi connectivity index (χ2v) is 5.02. The van der Waals surface area contributed by atoms with Gasteiger partial charge < -0.3 is 9.84 Å². The van der Waals surface area contributed by atoms with E-state index in [1.165, 1.54) is 0 Å². The van der Waals surface area contributed by atoms with Crippen LogP contribution in [-0.2, 0) is 9.53 Å². The summed E-state index contributed by atoms with van der Waals surface area (Å²) in [4.78, 5) is 11.0. The normalized spacial score (nSPS) is 46.7. The van der Waals surface area contributed by atoms with Crippen molar-refractivity contribution < 1.29 is 14.6 Å². The van der Waals surface area contributed by atoms with E-state index in [0.29, 0.717) is 0 Å². The summed E-state index contributed by atoms with van der Waals surface area (Å²) in [7, 11) is 0. The maximum absolute atomic E-state index is 11.0. The zero-order valence-electron chi connectivity index (χ0n) is 8.33. The van der Waals surface area contributed by atoms with Crippen LogP contribution < -0.4 is 0 Å². The van der Waals surface area contributed by atoms with E-state index in [0.717, 1.165) is 12.8 Å². The molecule has 1 saturated carbocycles. The van der Waals surface area contributed by atoms with Crippen LogP contribution in [0.2, 0.25) is 0 Å². The van der Waals surface area contributed by atoms with Crippen molar-refractivity contribution in [3.63, 3.8) is 0 Å². The number of hydrogen-bond donors (Lipinski definition) is 1. The lowest BCUT2D eigenvalue weighted by atomic mass is 9.67. The van der Waals surface area contributed by atoms with Gasteiger partial charge >= 0.3 is 5.97 Å². The lowest BCUT2D eigenvalue weighted by molar-refractivity contribution is -0.157. The number of carboxylic acids is 1. The molecule has 3 atom stereocenters. The first-order valence-electron chi connectivity index (χ1n) is 4.78. The lowest BCUT2D eigenvalue weighted by Gasteiger charge is -2.34. The largest absolute Gasteiger partial charge is 0.479 e. The van der Waals surface area contributed by atoms with Crippen LogP contribution in [0.3, 0.4) is 0 Å². The third kappa shape index (κ3) is 0.857. The van der Waals surface area contributed by atoms with Crippen LogP contribution in [0.25, 0.3) is 0 Å². The molecule has 0 aromatic carbocycles. The van der Waals surface area contributed by atoms with Crippen molar-refractivity contribution in [1.82, 2.24) is 0 Å². The Morgan fingerprint density at radius 2 is 2.08 bits per heavy atom. The number of aliphatic carboxylic acids is 1. The van der Waals surface area contributed by atoms with E-state index >= 15 is 0 Å². The molecule has 3 nitrogen and oxygen atoms in total. The summed E-state index contributed by atoms with van der Waals surface area (Å²) in [6.07, 6.45) is 1.52. The molecule has 1 aliphatic carbocycles. The van der Waals surface area contributed by atoms with Gasteiger partial charge in [0.15, 0.2) is 6.10 Å². The predicted molar refractivity (Wildman–Crippen MR) is 47.4 cm³/mol. The monoisotopic (exact) mass is 184 g/mol. The number of carboxylic acid groups (broad SMARTS) is 1. The van der Waals surface area contributed by atoms with E-state index in [4.69, 9.17) is 9.84 Å². The molecule has 0 spiro atoms. The average Bonchev–Trinajstić information content (AvgIpc) is 2.34. The minimum Gasteiger partial charge on any atom is -0.479 e. The number of rotatable bonds is 1. The molecule has 2 bridgehead atoms. The highest BCUT2D eigenvalue weighted by atomic mass is 16.5. The summed E-state index contributed by atoms with van der Waals surface area (Å²) in [6.45, 7) is 6.28. The molecular weight excluding hydrogens is 168 g/mol. The Kier molecular flexibility index (Phi) is 1.57. The molecule has 13 heavy (non-hydrogen) atoms. The minimum absolute atomic E-state index is 0.00998. The topological polar surface area (TPSA) is 46.5 Å². The molecule has 2 fully saturated rings. The Morgan fingerprint density at radius 3 is 2.31 bits per heavy atom. The van der Waals surface area contributed by atoms with Gasteiger partial charge in [-0.15, -0.1) is 0 Å². The average molecular weight is 184 g/mol. The van der Waals surface area contributed by atoms with Crippen LogP contribution in [0.4, 0.5) is 0 Å². The Balaban J connectivity index is 2.38. The number of carbonyl (C=O) groups is 1. The lowest BCUT2D eigenvalue weighted by Crippen LogP contribution is -2.40. The van der Waals surface area contributed by atoms with E-state index in [1.807, 2.05) is 6.92 Å². The molecule has 2 aliphatic rings. The van der Waals surface area contributed by atoms with Crippen LogP contribution in [0, 0.1) is 10.8 Å². The number of ether oxygens (including phenoxy) is 1. The molecule has 3 heteroatoms. The molecule has 1 N–H and O–H groups in total. The van der Waals surface area contributed by atoms with Crippen LogP contribution in [-0.4, -0.2) is 23.3 Å². The molecule has 1 aliphatic heterocycles. The fourth-order valence-corrected chi connectivity index (χ4v) is 2.83. The zero-order valence-corrected chi connectivity index (χ0v) is 8.33. The summed E-state index contributed by atoms with van der Waals surface area (Å²) in [5.41, 5.74) is -0.167. The van der Waals surface area contributed by atoms with E-state index in [1.54, 1.807) is 0 Å². The Morgan fingerprint density at radius 1 is 1.46 bits per heavy atom. The predicted octanol–water partition coefficient (Wildman–Crippen LogP) is 1.66. The van der Waals surface area contributed by atoms with Crippen LogP contribution >= 0.6 is 0 Å². The van der Waals surface area contributed by atoms with E-state index < -0.39 is 12.1 Å². The van der Waals surface area contributed by atoms with Crippen molar-refractivity contribution in [2.24, 2.45) is 10.8 Å². The van der Waals surface area contributed by atoms with Crippen molar-refractivity contribution in [3.8, 4) is 0 Å². The van der Waals surface area contributed by atoms with Gasteiger partial charge in [0.2, 0.25) is 0 Å². The van der Waals surface area contributed by atoms with E-state index in [9.17, 15) is 4.79 Å². The maximum Gasteiger partial charge on any atom is 0.333 e. The van der Waals surface area contributed by atoms with Gasteiger partial charge in [0.05, 0.1) is 6.10 Å². The molecule has 3 unspecified atom stereocenters.